The lowest BCUT2D eigenvalue weighted by atomic mass is 10.1. The molecule has 0 spiro atoms. The van der Waals surface area contributed by atoms with Crippen molar-refractivity contribution < 1.29 is 9.53 Å². The average Bonchev–Trinajstić information content (AvgIpc) is 2.36. The minimum atomic E-state index is -0.0301. The van der Waals surface area contributed by atoms with Crippen molar-refractivity contribution in [3.63, 3.8) is 0 Å². The number of rotatable bonds is 6. The number of hydrogen-bond acceptors (Lipinski definition) is 2. The molecule has 0 bridgehead atoms. The minimum Gasteiger partial charge on any atom is -0.379 e. The van der Waals surface area contributed by atoms with Crippen molar-refractivity contribution in [1.29, 1.82) is 0 Å². The summed E-state index contributed by atoms with van der Waals surface area (Å²) >= 11 is 9.19. The van der Waals surface area contributed by atoms with Crippen LogP contribution in [0.3, 0.4) is 0 Å². The van der Waals surface area contributed by atoms with E-state index in [2.05, 4.69) is 15.9 Å². The highest BCUT2D eigenvalue weighted by molar-refractivity contribution is 9.09. The van der Waals surface area contributed by atoms with Gasteiger partial charge in [-0.15, -0.1) is 0 Å². The number of hydrogen-bond donors (Lipinski definition) is 0. The Kier molecular flexibility index (Phi) is 6.68. The van der Waals surface area contributed by atoms with Gasteiger partial charge in [0.25, 0.3) is 5.91 Å². The van der Waals surface area contributed by atoms with Gasteiger partial charge >= 0.3 is 0 Å². The van der Waals surface area contributed by atoms with Gasteiger partial charge in [-0.3, -0.25) is 4.79 Å². The van der Waals surface area contributed by atoms with Crippen LogP contribution in [0.1, 0.15) is 15.9 Å². The smallest absolute Gasteiger partial charge is 0.253 e. The van der Waals surface area contributed by atoms with Gasteiger partial charge in [0.15, 0.2) is 0 Å². The van der Waals surface area contributed by atoms with Crippen LogP contribution in [-0.4, -0.2) is 42.9 Å². The van der Waals surface area contributed by atoms with Crippen LogP contribution < -0.4 is 0 Å². The molecule has 0 N–H and O–H groups in total. The molecular formula is C13H17BrClNO2. The zero-order chi connectivity index (χ0) is 13.5. The first kappa shape index (κ1) is 15.5. The minimum absolute atomic E-state index is 0.0301. The number of nitrogens with zero attached hydrogens (tertiary/aromatic N) is 1. The SMILES string of the molecule is Cc1ccc(Cl)cc1C(=O)N(C)CCOCCBr. The summed E-state index contributed by atoms with van der Waals surface area (Å²) < 4.78 is 5.33. The van der Waals surface area contributed by atoms with Crippen molar-refractivity contribution in [3.05, 3.63) is 34.3 Å². The molecule has 1 aromatic rings. The van der Waals surface area contributed by atoms with Gasteiger partial charge in [0, 0.05) is 29.5 Å². The highest BCUT2D eigenvalue weighted by atomic mass is 79.9. The molecule has 5 heteroatoms. The molecule has 0 saturated carbocycles. The largest absolute Gasteiger partial charge is 0.379 e. The Morgan fingerprint density at radius 1 is 1.44 bits per heavy atom. The van der Waals surface area contributed by atoms with Crippen LogP contribution in [0.5, 0.6) is 0 Å². The maximum atomic E-state index is 12.2. The Hall–Kier alpha value is -0.580. The number of aryl methyl sites for hydroxylation is 1. The van der Waals surface area contributed by atoms with E-state index >= 15 is 0 Å². The second kappa shape index (κ2) is 7.77. The van der Waals surface area contributed by atoms with Crippen LogP contribution in [0.2, 0.25) is 5.02 Å². The van der Waals surface area contributed by atoms with Gasteiger partial charge in [-0.2, -0.15) is 0 Å². The van der Waals surface area contributed by atoms with E-state index in [1.807, 2.05) is 13.0 Å². The first-order valence-corrected chi connectivity index (χ1v) is 7.21. The lowest BCUT2D eigenvalue weighted by molar-refractivity contribution is 0.0712. The molecule has 0 radical (unpaired) electrons. The lowest BCUT2D eigenvalue weighted by Gasteiger charge is -2.18. The molecule has 0 aliphatic heterocycles. The van der Waals surface area contributed by atoms with Crippen molar-refractivity contribution >= 4 is 33.4 Å². The Balaban J connectivity index is 2.60. The van der Waals surface area contributed by atoms with Crippen molar-refractivity contribution in [2.75, 3.05) is 32.1 Å². The first-order chi connectivity index (χ1) is 8.56. The Morgan fingerprint density at radius 3 is 2.83 bits per heavy atom. The monoisotopic (exact) mass is 333 g/mol. The second-order valence-corrected chi connectivity index (χ2v) is 5.22. The lowest BCUT2D eigenvalue weighted by Crippen LogP contribution is -2.30. The molecular weight excluding hydrogens is 318 g/mol. The predicted molar refractivity (Wildman–Crippen MR) is 77.8 cm³/mol. The van der Waals surface area contributed by atoms with Gasteiger partial charge in [0.05, 0.1) is 13.2 Å². The molecule has 0 aliphatic carbocycles. The van der Waals surface area contributed by atoms with Crippen LogP contribution in [0.15, 0.2) is 18.2 Å². The van der Waals surface area contributed by atoms with Crippen LogP contribution >= 0.6 is 27.5 Å². The number of carbonyl (C=O) groups excluding carboxylic acids is 1. The molecule has 100 valence electrons. The highest BCUT2D eigenvalue weighted by Crippen LogP contribution is 2.16. The standard InChI is InChI=1S/C13H17BrClNO2/c1-10-3-4-11(15)9-12(10)13(17)16(2)6-8-18-7-5-14/h3-4,9H,5-8H2,1-2H3. The molecule has 1 amide bonds. The number of amides is 1. The van der Waals surface area contributed by atoms with E-state index in [1.165, 1.54) is 0 Å². The molecule has 0 aromatic heterocycles. The summed E-state index contributed by atoms with van der Waals surface area (Å²) in [5, 5.41) is 1.38. The Bertz CT molecular complexity index is 412. The van der Waals surface area contributed by atoms with Gasteiger partial charge in [-0.1, -0.05) is 33.6 Å². The number of carbonyl (C=O) groups is 1. The van der Waals surface area contributed by atoms with Gasteiger partial charge in [0.2, 0.25) is 0 Å². The van der Waals surface area contributed by atoms with Crippen LogP contribution in [-0.2, 0) is 4.74 Å². The summed E-state index contributed by atoms with van der Waals surface area (Å²) in [6, 6.07) is 5.34. The molecule has 0 unspecified atom stereocenters. The third-order valence-corrected chi connectivity index (χ3v) is 3.13. The number of benzene rings is 1. The number of halogens is 2. The van der Waals surface area contributed by atoms with Crippen molar-refractivity contribution in [1.82, 2.24) is 4.90 Å². The van der Waals surface area contributed by atoms with E-state index in [0.717, 1.165) is 10.9 Å². The molecule has 1 aromatic carbocycles. The molecule has 0 atom stereocenters. The topological polar surface area (TPSA) is 29.5 Å². The fourth-order valence-corrected chi connectivity index (χ4v) is 1.89. The Labute approximate surface area is 121 Å². The zero-order valence-electron chi connectivity index (χ0n) is 10.6. The second-order valence-electron chi connectivity index (χ2n) is 3.99. The summed E-state index contributed by atoms with van der Waals surface area (Å²) in [6.07, 6.45) is 0. The van der Waals surface area contributed by atoms with E-state index in [1.54, 1.807) is 24.1 Å². The Morgan fingerprint density at radius 2 is 2.17 bits per heavy atom. The zero-order valence-corrected chi connectivity index (χ0v) is 12.9. The quantitative estimate of drug-likeness (QED) is 0.591. The molecule has 3 nitrogen and oxygen atoms in total. The van der Waals surface area contributed by atoms with E-state index < -0.39 is 0 Å². The molecule has 0 fully saturated rings. The van der Waals surface area contributed by atoms with Crippen molar-refractivity contribution in [2.24, 2.45) is 0 Å². The van der Waals surface area contributed by atoms with Crippen molar-refractivity contribution in [3.8, 4) is 0 Å². The van der Waals surface area contributed by atoms with Crippen LogP contribution in [0.4, 0.5) is 0 Å². The molecule has 0 aliphatic rings. The number of ether oxygens (including phenoxy) is 1. The molecule has 0 saturated heterocycles. The van der Waals surface area contributed by atoms with E-state index in [0.29, 0.717) is 30.3 Å². The predicted octanol–water partition coefficient (Wildman–Crippen LogP) is 3.13. The summed E-state index contributed by atoms with van der Waals surface area (Å²) in [5.41, 5.74) is 1.57. The molecule has 1 rings (SSSR count). The van der Waals surface area contributed by atoms with Gasteiger partial charge in [0.1, 0.15) is 0 Å². The first-order valence-electron chi connectivity index (χ1n) is 5.71. The summed E-state index contributed by atoms with van der Waals surface area (Å²) in [4.78, 5) is 13.8. The molecule has 18 heavy (non-hydrogen) atoms. The van der Waals surface area contributed by atoms with Crippen LogP contribution in [0.25, 0.3) is 0 Å². The fourth-order valence-electron chi connectivity index (χ4n) is 1.49. The van der Waals surface area contributed by atoms with Gasteiger partial charge in [-0.25, -0.2) is 0 Å². The van der Waals surface area contributed by atoms with E-state index in [-0.39, 0.29) is 5.91 Å². The molecule has 0 heterocycles. The average molecular weight is 335 g/mol. The normalized spacial score (nSPS) is 10.4. The summed E-state index contributed by atoms with van der Waals surface area (Å²) in [6.45, 7) is 3.65. The maximum Gasteiger partial charge on any atom is 0.253 e. The fraction of sp³-hybridized carbons (Fsp3) is 0.462. The summed E-state index contributed by atoms with van der Waals surface area (Å²) in [7, 11) is 1.76. The number of likely N-dealkylation sites (N-methyl/N-ethyl adjacent to an activating group) is 1. The van der Waals surface area contributed by atoms with Gasteiger partial charge in [-0.05, 0) is 24.6 Å². The van der Waals surface area contributed by atoms with Gasteiger partial charge < -0.3 is 9.64 Å². The van der Waals surface area contributed by atoms with Crippen molar-refractivity contribution in [2.45, 2.75) is 6.92 Å². The number of alkyl halides is 1. The van der Waals surface area contributed by atoms with E-state index in [9.17, 15) is 4.79 Å². The third-order valence-electron chi connectivity index (χ3n) is 2.57. The van der Waals surface area contributed by atoms with E-state index in [4.69, 9.17) is 16.3 Å². The third kappa shape index (κ3) is 4.59. The van der Waals surface area contributed by atoms with Crippen LogP contribution in [0, 0.1) is 6.92 Å². The maximum absolute atomic E-state index is 12.2. The highest BCUT2D eigenvalue weighted by Gasteiger charge is 2.14. The summed E-state index contributed by atoms with van der Waals surface area (Å²) in [5.74, 6) is -0.0301.